The van der Waals surface area contributed by atoms with E-state index in [1.54, 1.807) is 0 Å². The highest BCUT2D eigenvalue weighted by atomic mass is 35.5. The van der Waals surface area contributed by atoms with E-state index in [-0.39, 0.29) is 0 Å². The SMILES string of the molecule is CS(=O)(=O)O.CS(=O)(=O)O.CSCCN1CCN(C2Cc3ccccc3Sc3ccc(Cl)cc32)CC1. The summed E-state index contributed by atoms with van der Waals surface area (Å²) in [5, 5.41) is 0.846. The predicted octanol–water partition coefficient (Wildman–Crippen LogP) is 4.08. The molecule has 1 saturated heterocycles. The quantitative estimate of drug-likeness (QED) is 0.500. The highest BCUT2D eigenvalue weighted by Gasteiger charge is 2.30. The molecule has 202 valence electrons. The highest BCUT2D eigenvalue weighted by molar-refractivity contribution is 7.99. The number of piperazine rings is 1. The maximum Gasteiger partial charge on any atom is 0.261 e. The molecule has 2 heterocycles. The zero-order valence-corrected chi connectivity index (χ0v) is 24.5. The summed E-state index contributed by atoms with van der Waals surface area (Å²) in [6, 6.07) is 15.7. The lowest BCUT2D eigenvalue weighted by Crippen LogP contribution is -2.48. The molecule has 0 saturated carbocycles. The number of rotatable bonds is 4. The topological polar surface area (TPSA) is 115 Å². The third-order valence-corrected chi connectivity index (χ3v) is 7.43. The van der Waals surface area contributed by atoms with Gasteiger partial charge < -0.3 is 0 Å². The van der Waals surface area contributed by atoms with Crippen molar-refractivity contribution < 1.29 is 25.9 Å². The van der Waals surface area contributed by atoms with Gasteiger partial charge in [0.25, 0.3) is 20.2 Å². The molecule has 0 aliphatic carbocycles. The van der Waals surface area contributed by atoms with Gasteiger partial charge in [0.05, 0.1) is 12.5 Å². The molecule has 2 aliphatic rings. The summed E-state index contributed by atoms with van der Waals surface area (Å²) in [6.07, 6.45) is 4.69. The van der Waals surface area contributed by atoms with E-state index in [1.165, 1.54) is 46.3 Å². The van der Waals surface area contributed by atoms with Crippen LogP contribution in [0, 0.1) is 0 Å². The van der Waals surface area contributed by atoms with Crippen LogP contribution in [0.25, 0.3) is 0 Å². The summed E-state index contributed by atoms with van der Waals surface area (Å²) >= 11 is 10.2. The van der Waals surface area contributed by atoms with Crippen LogP contribution in [-0.4, -0.2) is 93.0 Å². The molecule has 1 unspecified atom stereocenters. The lowest BCUT2D eigenvalue weighted by Gasteiger charge is -2.39. The van der Waals surface area contributed by atoms with E-state index < -0.39 is 20.2 Å². The van der Waals surface area contributed by atoms with E-state index in [2.05, 4.69) is 52.5 Å². The Morgan fingerprint density at radius 2 is 1.56 bits per heavy atom. The molecule has 13 heteroatoms. The van der Waals surface area contributed by atoms with Crippen LogP contribution in [0.4, 0.5) is 0 Å². The Labute approximate surface area is 228 Å². The van der Waals surface area contributed by atoms with E-state index >= 15 is 0 Å². The summed E-state index contributed by atoms with van der Waals surface area (Å²) in [5.74, 6) is 1.23. The molecule has 0 radical (unpaired) electrons. The second kappa shape index (κ2) is 14.4. The fraction of sp³-hybridized carbons (Fsp3) is 0.478. The molecule has 2 aromatic rings. The Bertz CT molecular complexity index is 1160. The van der Waals surface area contributed by atoms with Crippen molar-refractivity contribution in [2.24, 2.45) is 0 Å². The summed E-state index contributed by atoms with van der Waals surface area (Å²) in [7, 11) is -7.33. The molecular weight excluding hydrogens is 564 g/mol. The zero-order valence-electron chi connectivity index (χ0n) is 20.5. The minimum Gasteiger partial charge on any atom is -0.300 e. The Hall–Kier alpha value is -0.830. The fourth-order valence-corrected chi connectivity index (χ4v) is 5.66. The average Bonchev–Trinajstić information content (AvgIpc) is 2.92. The first-order valence-electron chi connectivity index (χ1n) is 11.1. The Morgan fingerprint density at radius 3 is 2.14 bits per heavy atom. The van der Waals surface area contributed by atoms with E-state index in [0.717, 1.165) is 24.5 Å². The van der Waals surface area contributed by atoms with Crippen LogP contribution in [0.3, 0.4) is 0 Å². The van der Waals surface area contributed by atoms with E-state index in [4.69, 9.17) is 20.7 Å². The van der Waals surface area contributed by atoms with Gasteiger partial charge in [0.2, 0.25) is 0 Å². The minimum atomic E-state index is -3.67. The number of fused-ring (bicyclic) bond motifs is 2. The van der Waals surface area contributed by atoms with Crippen LogP contribution in [0.5, 0.6) is 0 Å². The zero-order chi connectivity index (χ0) is 26.9. The maximum absolute atomic E-state index is 9.19. The molecule has 0 bridgehead atoms. The first-order chi connectivity index (χ1) is 16.7. The summed E-state index contributed by atoms with van der Waals surface area (Å²) < 4.78 is 51.7. The van der Waals surface area contributed by atoms with Crippen molar-refractivity contribution in [3.8, 4) is 0 Å². The van der Waals surface area contributed by atoms with Gasteiger partial charge >= 0.3 is 0 Å². The smallest absolute Gasteiger partial charge is 0.261 e. The first-order valence-corrected chi connectivity index (χ1v) is 17.4. The van der Waals surface area contributed by atoms with Crippen molar-refractivity contribution in [1.82, 2.24) is 9.80 Å². The van der Waals surface area contributed by atoms with Crippen molar-refractivity contribution in [3.63, 3.8) is 0 Å². The Morgan fingerprint density at radius 1 is 0.972 bits per heavy atom. The van der Waals surface area contributed by atoms with Crippen molar-refractivity contribution >= 4 is 55.4 Å². The van der Waals surface area contributed by atoms with Crippen LogP contribution in [0.2, 0.25) is 5.02 Å². The van der Waals surface area contributed by atoms with E-state index in [9.17, 15) is 16.8 Å². The fourth-order valence-electron chi connectivity index (χ4n) is 3.93. The van der Waals surface area contributed by atoms with Gasteiger partial charge in [-0.3, -0.25) is 18.9 Å². The predicted molar refractivity (Wildman–Crippen MR) is 150 cm³/mol. The Kier molecular flexibility index (Phi) is 12.5. The van der Waals surface area contributed by atoms with Crippen LogP contribution in [0.1, 0.15) is 17.2 Å². The molecule has 2 aromatic carbocycles. The van der Waals surface area contributed by atoms with Crippen LogP contribution >= 0.6 is 35.1 Å². The third kappa shape index (κ3) is 12.1. The number of nitrogens with zero attached hydrogens (tertiary/aromatic N) is 2. The minimum absolute atomic E-state index is 0.419. The van der Waals surface area contributed by atoms with Gasteiger partial charge in [-0.2, -0.15) is 28.6 Å². The van der Waals surface area contributed by atoms with Gasteiger partial charge in [0, 0.05) is 59.3 Å². The van der Waals surface area contributed by atoms with Gasteiger partial charge in [-0.1, -0.05) is 41.6 Å². The summed E-state index contributed by atoms with van der Waals surface area (Å²) in [6.45, 7) is 5.82. The van der Waals surface area contributed by atoms with Crippen molar-refractivity contribution in [2.45, 2.75) is 22.3 Å². The molecule has 0 amide bonds. The standard InChI is InChI=1S/C21H25ClN2S2.2CH4O3S/c1-25-13-12-23-8-10-24(11-9-23)19-14-16-4-2-3-5-20(16)26-21-7-6-17(22)15-18(19)21;2*1-5(2,3)4/h2-7,15,19H,8-14H2,1H3;2*1H3,(H,2,3,4). The largest absolute Gasteiger partial charge is 0.300 e. The van der Waals surface area contributed by atoms with Crippen LogP contribution in [0.15, 0.2) is 52.3 Å². The van der Waals surface area contributed by atoms with Gasteiger partial charge in [-0.15, -0.1) is 0 Å². The normalized spacial score (nSPS) is 18.4. The molecule has 0 aromatic heterocycles. The van der Waals surface area contributed by atoms with E-state index in [1.807, 2.05) is 29.6 Å². The molecule has 2 aliphatic heterocycles. The molecule has 2 N–H and O–H groups in total. The number of hydrogen-bond acceptors (Lipinski definition) is 8. The van der Waals surface area contributed by atoms with E-state index in [0.29, 0.717) is 18.6 Å². The number of benzene rings is 2. The van der Waals surface area contributed by atoms with Crippen LogP contribution in [-0.2, 0) is 26.7 Å². The molecule has 8 nitrogen and oxygen atoms in total. The molecule has 1 fully saturated rings. The second-order valence-electron chi connectivity index (χ2n) is 8.45. The monoisotopic (exact) mass is 596 g/mol. The molecular formula is C23H33ClN2O6S4. The van der Waals surface area contributed by atoms with Crippen molar-refractivity contribution in [1.29, 1.82) is 0 Å². The molecule has 1 atom stereocenters. The summed E-state index contributed by atoms with van der Waals surface area (Å²) in [5.41, 5.74) is 2.86. The van der Waals surface area contributed by atoms with Gasteiger partial charge in [-0.25, -0.2) is 0 Å². The molecule has 4 rings (SSSR count). The van der Waals surface area contributed by atoms with Gasteiger partial charge in [-0.05, 0) is 48.1 Å². The maximum atomic E-state index is 9.19. The van der Waals surface area contributed by atoms with Crippen molar-refractivity contribution in [2.75, 3.05) is 57.2 Å². The average molecular weight is 597 g/mol. The second-order valence-corrected chi connectivity index (χ2v) is 13.9. The molecule has 36 heavy (non-hydrogen) atoms. The third-order valence-electron chi connectivity index (χ3n) is 5.40. The lowest BCUT2D eigenvalue weighted by atomic mass is 9.96. The Balaban J connectivity index is 0.000000389. The van der Waals surface area contributed by atoms with Gasteiger partial charge in [0.15, 0.2) is 0 Å². The number of thioether (sulfide) groups is 1. The first kappa shape index (κ1) is 31.4. The van der Waals surface area contributed by atoms with Gasteiger partial charge in [0.1, 0.15) is 0 Å². The van der Waals surface area contributed by atoms with Crippen LogP contribution < -0.4 is 0 Å². The number of hydrogen-bond donors (Lipinski definition) is 2. The highest BCUT2D eigenvalue weighted by Crippen LogP contribution is 2.43. The molecule has 0 spiro atoms. The van der Waals surface area contributed by atoms with Crippen molar-refractivity contribution in [3.05, 3.63) is 58.6 Å². The lowest BCUT2D eigenvalue weighted by molar-refractivity contribution is 0.0984. The number of halogens is 1. The summed E-state index contributed by atoms with van der Waals surface area (Å²) in [4.78, 5) is 8.02.